The monoisotopic (exact) mass is 449 g/mol. The maximum absolute atomic E-state index is 12.7. The normalized spacial score (nSPS) is 17.0. The summed E-state index contributed by atoms with van der Waals surface area (Å²) in [4.78, 5) is 21.3. The maximum Gasteiger partial charge on any atom is 0.226 e. The second-order valence-electron chi connectivity index (χ2n) is 7.60. The van der Waals surface area contributed by atoms with Crippen LogP contribution in [0.4, 0.5) is 0 Å². The van der Waals surface area contributed by atoms with E-state index in [1.807, 2.05) is 36.9 Å². The van der Waals surface area contributed by atoms with Gasteiger partial charge in [-0.3, -0.25) is 14.7 Å². The Balaban J connectivity index is 1.58. The third kappa shape index (κ3) is 6.10. The molecule has 2 heterocycles. The minimum atomic E-state index is 0.0937. The summed E-state index contributed by atoms with van der Waals surface area (Å²) in [5.74, 6) is 1.15. The minimum absolute atomic E-state index is 0.0937. The van der Waals surface area contributed by atoms with E-state index >= 15 is 0 Å². The van der Waals surface area contributed by atoms with Crippen molar-refractivity contribution in [1.29, 1.82) is 0 Å². The highest BCUT2D eigenvalue weighted by Crippen LogP contribution is 2.24. The molecule has 1 amide bonds. The van der Waals surface area contributed by atoms with Crippen LogP contribution in [0.2, 0.25) is 10.0 Å². The fourth-order valence-electron chi connectivity index (χ4n) is 3.89. The van der Waals surface area contributed by atoms with Crippen LogP contribution in [-0.2, 0) is 17.9 Å². The molecule has 1 saturated heterocycles. The van der Waals surface area contributed by atoms with Crippen molar-refractivity contribution in [3.05, 3.63) is 57.8 Å². The first-order valence-corrected chi connectivity index (χ1v) is 11.3. The van der Waals surface area contributed by atoms with E-state index in [-0.39, 0.29) is 18.4 Å². The largest absolute Gasteiger partial charge is 0.487 e. The van der Waals surface area contributed by atoms with Crippen LogP contribution in [0.5, 0.6) is 5.75 Å². The van der Waals surface area contributed by atoms with Gasteiger partial charge in [0.15, 0.2) is 0 Å². The Bertz CT molecular complexity index is 858. The smallest absolute Gasteiger partial charge is 0.226 e. The molecule has 3 rings (SSSR count). The Hall–Kier alpha value is -1.82. The zero-order chi connectivity index (χ0) is 21.5. The fourth-order valence-corrected chi connectivity index (χ4v) is 4.32. The molecule has 0 spiro atoms. The predicted molar refractivity (Wildman–Crippen MR) is 121 cm³/mol. The number of likely N-dealkylation sites (tertiary alicyclic amines) is 1. The molecule has 2 aromatic rings. The van der Waals surface area contributed by atoms with E-state index in [0.717, 1.165) is 51.3 Å². The zero-order valence-electron chi connectivity index (χ0n) is 17.6. The summed E-state index contributed by atoms with van der Waals surface area (Å²) >= 11 is 12.1. The number of carbonyl (C=O) groups is 1. The molecule has 0 aliphatic carbocycles. The Morgan fingerprint density at radius 3 is 2.80 bits per heavy atom. The van der Waals surface area contributed by atoms with E-state index < -0.39 is 0 Å². The average molecular weight is 450 g/mol. The quantitative estimate of drug-likeness (QED) is 0.565. The van der Waals surface area contributed by atoms with Crippen LogP contribution in [0.3, 0.4) is 0 Å². The van der Waals surface area contributed by atoms with Gasteiger partial charge in [-0.05, 0) is 57.0 Å². The molecule has 1 aliphatic heterocycles. The van der Waals surface area contributed by atoms with Crippen molar-refractivity contribution in [2.24, 2.45) is 5.92 Å². The molecule has 0 bridgehead atoms. The lowest BCUT2D eigenvalue weighted by Crippen LogP contribution is -2.44. The Morgan fingerprint density at radius 1 is 1.27 bits per heavy atom. The standard InChI is InChI=1S/C23H29Cl2N3O2/c1-3-28(4-2)23(29)18-8-6-10-27(15-18)14-17-7-5-9-20(11-17)30-16-22-21(25)12-19(24)13-26-22/h5,7,9,11-13,18H,3-4,6,8,10,14-16H2,1-2H3. The third-order valence-corrected chi connectivity index (χ3v) is 6.03. The maximum atomic E-state index is 12.7. The zero-order valence-corrected chi connectivity index (χ0v) is 19.1. The Kier molecular flexibility index (Phi) is 8.37. The number of amides is 1. The first-order valence-electron chi connectivity index (χ1n) is 10.5. The number of nitrogens with zero attached hydrogens (tertiary/aromatic N) is 3. The lowest BCUT2D eigenvalue weighted by Gasteiger charge is -2.34. The summed E-state index contributed by atoms with van der Waals surface area (Å²) in [6.07, 6.45) is 3.59. The SMILES string of the molecule is CCN(CC)C(=O)C1CCCN(Cc2cccc(OCc3ncc(Cl)cc3Cl)c2)C1. The van der Waals surface area contributed by atoms with Gasteiger partial charge in [0, 0.05) is 32.4 Å². The van der Waals surface area contributed by atoms with Gasteiger partial charge in [0.1, 0.15) is 12.4 Å². The van der Waals surface area contributed by atoms with Crippen LogP contribution < -0.4 is 4.74 Å². The molecule has 1 unspecified atom stereocenters. The highest BCUT2D eigenvalue weighted by molar-refractivity contribution is 6.34. The second kappa shape index (κ2) is 11.0. The third-order valence-electron chi connectivity index (χ3n) is 5.49. The van der Waals surface area contributed by atoms with Gasteiger partial charge in [-0.2, -0.15) is 0 Å². The van der Waals surface area contributed by atoms with Gasteiger partial charge in [-0.15, -0.1) is 0 Å². The van der Waals surface area contributed by atoms with Gasteiger partial charge in [0.05, 0.1) is 21.7 Å². The summed E-state index contributed by atoms with van der Waals surface area (Å²) in [7, 11) is 0. The molecule has 30 heavy (non-hydrogen) atoms. The number of hydrogen-bond acceptors (Lipinski definition) is 4. The highest BCUT2D eigenvalue weighted by atomic mass is 35.5. The van der Waals surface area contributed by atoms with Crippen molar-refractivity contribution in [1.82, 2.24) is 14.8 Å². The summed E-state index contributed by atoms with van der Waals surface area (Å²) < 4.78 is 5.89. The van der Waals surface area contributed by atoms with Crippen LogP contribution in [0, 0.1) is 5.92 Å². The van der Waals surface area contributed by atoms with Crippen LogP contribution in [0.15, 0.2) is 36.5 Å². The number of rotatable bonds is 8. The molecule has 1 aromatic heterocycles. The number of piperidine rings is 1. The number of ether oxygens (including phenoxy) is 1. The summed E-state index contributed by atoms with van der Waals surface area (Å²) in [6.45, 7) is 8.54. The van der Waals surface area contributed by atoms with Crippen molar-refractivity contribution in [3.63, 3.8) is 0 Å². The number of aromatic nitrogens is 1. The molecule has 0 saturated carbocycles. The van der Waals surface area contributed by atoms with E-state index in [9.17, 15) is 4.79 Å². The van der Waals surface area contributed by atoms with E-state index in [1.54, 1.807) is 12.3 Å². The lowest BCUT2D eigenvalue weighted by atomic mass is 9.96. The molecular weight excluding hydrogens is 421 g/mol. The van der Waals surface area contributed by atoms with Gasteiger partial charge >= 0.3 is 0 Å². The van der Waals surface area contributed by atoms with E-state index in [2.05, 4.69) is 16.0 Å². The van der Waals surface area contributed by atoms with E-state index in [0.29, 0.717) is 15.7 Å². The molecule has 1 atom stereocenters. The first kappa shape index (κ1) is 22.9. The van der Waals surface area contributed by atoms with Gasteiger partial charge in [0.25, 0.3) is 0 Å². The van der Waals surface area contributed by atoms with Crippen molar-refractivity contribution in [2.75, 3.05) is 26.2 Å². The van der Waals surface area contributed by atoms with Crippen molar-refractivity contribution in [3.8, 4) is 5.75 Å². The predicted octanol–water partition coefficient (Wildman–Crippen LogP) is 5.05. The average Bonchev–Trinajstić information content (AvgIpc) is 2.74. The van der Waals surface area contributed by atoms with Crippen LogP contribution in [0.25, 0.3) is 0 Å². The molecule has 7 heteroatoms. The first-order chi connectivity index (χ1) is 14.5. The molecule has 0 radical (unpaired) electrons. The topological polar surface area (TPSA) is 45.7 Å². The van der Waals surface area contributed by atoms with Gasteiger partial charge in [0.2, 0.25) is 5.91 Å². The number of carbonyl (C=O) groups excluding carboxylic acids is 1. The summed E-state index contributed by atoms with van der Waals surface area (Å²) in [5.41, 5.74) is 1.82. The molecule has 1 aliphatic rings. The molecule has 162 valence electrons. The van der Waals surface area contributed by atoms with Gasteiger partial charge < -0.3 is 9.64 Å². The van der Waals surface area contributed by atoms with Gasteiger partial charge in [-0.25, -0.2) is 0 Å². The number of benzene rings is 1. The molecular formula is C23H29Cl2N3O2. The van der Waals surface area contributed by atoms with E-state index in [1.165, 1.54) is 5.56 Å². The molecule has 5 nitrogen and oxygen atoms in total. The fraction of sp³-hybridized carbons (Fsp3) is 0.478. The Labute approximate surface area is 188 Å². The number of hydrogen-bond donors (Lipinski definition) is 0. The van der Waals surface area contributed by atoms with Crippen LogP contribution >= 0.6 is 23.2 Å². The molecule has 1 fully saturated rings. The second-order valence-corrected chi connectivity index (χ2v) is 8.45. The van der Waals surface area contributed by atoms with Crippen LogP contribution in [0.1, 0.15) is 37.9 Å². The Morgan fingerprint density at radius 2 is 2.07 bits per heavy atom. The van der Waals surface area contributed by atoms with Gasteiger partial charge in [-0.1, -0.05) is 35.3 Å². The highest BCUT2D eigenvalue weighted by Gasteiger charge is 2.28. The molecule has 0 N–H and O–H groups in total. The molecule has 1 aromatic carbocycles. The summed E-state index contributed by atoms with van der Waals surface area (Å²) in [6, 6.07) is 9.72. The van der Waals surface area contributed by atoms with Crippen molar-refractivity contribution in [2.45, 2.75) is 39.8 Å². The minimum Gasteiger partial charge on any atom is -0.487 e. The van der Waals surface area contributed by atoms with Crippen molar-refractivity contribution < 1.29 is 9.53 Å². The van der Waals surface area contributed by atoms with Crippen LogP contribution in [-0.4, -0.2) is 46.9 Å². The number of halogens is 2. The lowest BCUT2D eigenvalue weighted by molar-refractivity contribution is -0.137. The van der Waals surface area contributed by atoms with E-state index in [4.69, 9.17) is 27.9 Å². The number of pyridine rings is 1. The van der Waals surface area contributed by atoms with Crippen molar-refractivity contribution >= 4 is 29.1 Å². The summed E-state index contributed by atoms with van der Waals surface area (Å²) in [5, 5.41) is 1.00.